The molecule has 8 heteroatoms. The Morgan fingerprint density at radius 2 is 1.81 bits per heavy atom. The maximum atomic E-state index is 13.1. The lowest BCUT2D eigenvalue weighted by molar-refractivity contribution is 0.414. The average Bonchev–Trinajstić information content (AvgIpc) is 2.45. The van der Waals surface area contributed by atoms with E-state index in [0.717, 1.165) is 6.07 Å². The molecule has 6 nitrogen and oxygen atoms in total. The number of nitrogen functional groups attached to an aromatic ring is 1. The van der Waals surface area contributed by atoms with E-state index in [2.05, 4.69) is 20.7 Å². The zero-order valence-corrected chi connectivity index (χ0v) is 11.4. The Hall–Kier alpha value is -2.48. The van der Waals surface area contributed by atoms with Crippen LogP contribution >= 0.6 is 0 Å². The first-order chi connectivity index (χ1) is 10.1. The van der Waals surface area contributed by atoms with E-state index in [4.69, 9.17) is 10.6 Å². The van der Waals surface area contributed by atoms with E-state index in [1.54, 1.807) is 0 Å². The number of rotatable bonds is 6. The molecule has 4 N–H and O–H groups in total. The van der Waals surface area contributed by atoms with Crippen LogP contribution in [0.4, 0.5) is 20.4 Å². The van der Waals surface area contributed by atoms with Gasteiger partial charge in [-0.25, -0.2) is 24.6 Å². The van der Waals surface area contributed by atoms with Gasteiger partial charge in [-0.3, -0.25) is 0 Å². The van der Waals surface area contributed by atoms with Crippen molar-refractivity contribution in [1.29, 1.82) is 0 Å². The zero-order chi connectivity index (χ0) is 15.2. The molecule has 0 bridgehead atoms. The summed E-state index contributed by atoms with van der Waals surface area (Å²) < 4.78 is 31.3. The van der Waals surface area contributed by atoms with Crippen LogP contribution in [-0.2, 0) is 6.42 Å². The summed E-state index contributed by atoms with van der Waals surface area (Å²) in [5, 5.41) is 3.01. The van der Waals surface area contributed by atoms with Crippen LogP contribution in [0.3, 0.4) is 0 Å². The number of hydrogen-bond donors (Lipinski definition) is 3. The maximum Gasteiger partial charge on any atom is 0.205 e. The standard InChI is InChI=1S/C13H15F2N5O/c1-21-11-12(18-7-19-13(11)20-16)17-3-2-8-4-9(14)6-10(15)5-8/h4-7H,2-3,16H2,1H3,(H2,17,18,19,20). The number of ether oxygens (including phenoxy) is 1. The van der Waals surface area contributed by atoms with Gasteiger partial charge in [-0.15, -0.1) is 0 Å². The number of nitrogens with zero attached hydrogens (tertiary/aromatic N) is 2. The van der Waals surface area contributed by atoms with Crippen molar-refractivity contribution in [3.8, 4) is 5.75 Å². The van der Waals surface area contributed by atoms with Crippen molar-refractivity contribution in [2.75, 3.05) is 24.4 Å². The van der Waals surface area contributed by atoms with Crippen molar-refractivity contribution in [3.05, 3.63) is 41.7 Å². The molecule has 0 amide bonds. The van der Waals surface area contributed by atoms with Crippen molar-refractivity contribution in [2.45, 2.75) is 6.42 Å². The lowest BCUT2D eigenvalue weighted by atomic mass is 10.1. The second-order valence-corrected chi connectivity index (χ2v) is 4.20. The first kappa shape index (κ1) is 14.9. The molecule has 0 atom stereocenters. The summed E-state index contributed by atoms with van der Waals surface area (Å²) in [6.07, 6.45) is 1.75. The van der Waals surface area contributed by atoms with Gasteiger partial charge in [0, 0.05) is 12.6 Å². The molecule has 1 aromatic heterocycles. The van der Waals surface area contributed by atoms with Crippen molar-refractivity contribution in [1.82, 2.24) is 9.97 Å². The number of aromatic nitrogens is 2. The van der Waals surface area contributed by atoms with Gasteiger partial charge >= 0.3 is 0 Å². The number of halogens is 2. The molecular formula is C13H15F2N5O. The number of methoxy groups -OCH3 is 1. The highest BCUT2D eigenvalue weighted by Gasteiger charge is 2.10. The Labute approximate surface area is 120 Å². The van der Waals surface area contributed by atoms with Gasteiger partial charge in [0.05, 0.1) is 7.11 Å². The van der Waals surface area contributed by atoms with Crippen LogP contribution in [0.5, 0.6) is 5.75 Å². The molecule has 2 rings (SSSR count). The number of nitrogens with two attached hydrogens (primary N) is 1. The average molecular weight is 295 g/mol. The second-order valence-electron chi connectivity index (χ2n) is 4.20. The first-order valence-electron chi connectivity index (χ1n) is 6.18. The minimum Gasteiger partial charge on any atom is -0.490 e. The van der Waals surface area contributed by atoms with Crippen LogP contribution in [0.25, 0.3) is 0 Å². The Balaban J connectivity index is 2.03. The fourth-order valence-corrected chi connectivity index (χ4v) is 1.88. The van der Waals surface area contributed by atoms with Crippen LogP contribution in [0, 0.1) is 11.6 Å². The van der Waals surface area contributed by atoms with Crippen molar-refractivity contribution in [2.24, 2.45) is 5.84 Å². The predicted octanol–water partition coefficient (Wildman–Crippen LogP) is 1.70. The van der Waals surface area contributed by atoms with Gasteiger partial charge in [-0.05, 0) is 24.1 Å². The van der Waals surface area contributed by atoms with Crippen molar-refractivity contribution in [3.63, 3.8) is 0 Å². The molecule has 0 aliphatic carbocycles. The van der Waals surface area contributed by atoms with Gasteiger partial charge in [-0.2, -0.15) is 0 Å². The summed E-state index contributed by atoms with van der Waals surface area (Å²) in [7, 11) is 1.46. The molecule has 21 heavy (non-hydrogen) atoms. The molecular weight excluding hydrogens is 280 g/mol. The van der Waals surface area contributed by atoms with E-state index in [1.807, 2.05) is 0 Å². The number of anilines is 2. The normalized spacial score (nSPS) is 10.3. The molecule has 2 aromatic rings. The van der Waals surface area contributed by atoms with Crippen LogP contribution in [0.2, 0.25) is 0 Å². The molecule has 0 saturated heterocycles. The summed E-state index contributed by atoms with van der Waals surface area (Å²) in [6, 6.07) is 3.41. The predicted molar refractivity (Wildman–Crippen MR) is 74.9 cm³/mol. The number of hydrogen-bond acceptors (Lipinski definition) is 6. The SMILES string of the molecule is COc1c(NN)ncnc1NCCc1cc(F)cc(F)c1. The lowest BCUT2D eigenvalue weighted by Gasteiger charge is -2.12. The topological polar surface area (TPSA) is 85.1 Å². The van der Waals surface area contributed by atoms with Gasteiger partial charge in [0.2, 0.25) is 5.75 Å². The van der Waals surface area contributed by atoms with Crippen LogP contribution in [-0.4, -0.2) is 23.6 Å². The third kappa shape index (κ3) is 3.76. The highest BCUT2D eigenvalue weighted by Crippen LogP contribution is 2.27. The van der Waals surface area contributed by atoms with Crippen molar-refractivity contribution < 1.29 is 13.5 Å². The summed E-state index contributed by atoms with van der Waals surface area (Å²) in [4.78, 5) is 7.94. The Morgan fingerprint density at radius 1 is 1.14 bits per heavy atom. The number of nitrogens with one attached hydrogen (secondary N) is 2. The third-order valence-electron chi connectivity index (χ3n) is 2.77. The van der Waals surface area contributed by atoms with Crippen LogP contribution in [0.15, 0.2) is 24.5 Å². The molecule has 1 heterocycles. The van der Waals surface area contributed by atoms with E-state index in [9.17, 15) is 8.78 Å². The third-order valence-corrected chi connectivity index (χ3v) is 2.77. The second kappa shape index (κ2) is 6.80. The van der Waals surface area contributed by atoms with Crippen LogP contribution < -0.4 is 21.3 Å². The number of benzene rings is 1. The Morgan fingerprint density at radius 3 is 2.43 bits per heavy atom. The van der Waals surface area contributed by atoms with E-state index in [1.165, 1.54) is 25.6 Å². The first-order valence-corrected chi connectivity index (χ1v) is 6.18. The van der Waals surface area contributed by atoms with Crippen molar-refractivity contribution >= 4 is 11.6 Å². The molecule has 0 unspecified atom stereocenters. The van der Waals surface area contributed by atoms with Gasteiger partial charge in [-0.1, -0.05) is 0 Å². The molecule has 0 fully saturated rings. The van der Waals surface area contributed by atoms with Gasteiger partial charge < -0.3 is 15.5 Å². The highest BCUT2D eigenvalue weighted by atomic mass is 19.1. The van der Waals surface area contributed by atoms with E-state index in [0.29, 0.717) is 35.9 Å². The molecule has 0 aliphatic heterocycles. The highest BCUT2D eigenvalue weighted by molar-refractivity contribution is 5.63. The maximum absolute atomic E-state index is 13.1. The molecule has 0 radical (unpaired) electrons. The largest absolute Gasteiger partial charge is 0.490 e. The zero-order valence-electron chi connectivity index (χ0n) is 11.4. The van der Waals surface area contributed by atoms with Gasteiger partial charge in [0.1, 0.15) is 18.0 Å². The Kier molecular flexibility index (Phi) is 4.83. The van der Waals surface area contributed by atoms with Crippen LogP contribution in [0.1, 0.15) is 5.56 Å². The van der Waals surface area contributed by atoms with E-state index in [-0.39, 0.29) is 0 Å². The minimum atomic E-state index is -0.598. The molecule has 0 saturated carbocycles. The molecule has 0 aliphatic rings. The monoisotopic (exact) mass is 295 g/mol. The quantitative estimate of drug-likeness (QED) is 0.555. The molecule has 112 valence electrons. The fraction of sp³-hybridized carbons (Fsp3) is 0.231. The van der Waals surface area contributed by atoms with Gasteiger partial charge in [0.15, 0.2) is 11.6 Å². The summed E-state index contributed by atoms with van der Waals surface area (Å²) >= 11 is 0. The smallest absolute Gasteiger partial charge is 0.205 e. The Bertz CT molecular complexity index is 603. The number of hydrazine groups is 1. The van der Waals surface area contributed by atoms with E-state index < -0.39 is 11.6 Å². The van der Waals surface area contributed by atoms with Gasteiger partial charge in [0.25, 0.3) is 0 Å². The fourth-order valence-electron chi connectivity index (χ4n) is 1.88. The lowest BCUT2D eigenvalue weighted by Crippen LogP contribution is -2.13. The summed E-state index contributed by atoms with van der Waals surface area (Å²) in [6.45, 7) is 0.417. The molecule has 0 spiro atoms. The summed E-state index contributed by atoms with van der Waals surface area (Å²) in [5.74, 6) is 5.27. The minimum absolute atomic E-state index is 0.340. The summed E-state index contributed by atoms with van der Waals surface area (Å²) in [5.41, 5.74) is 2.94. The molecule has 1 aromatic carbocycles. The van der Waals surface area contributed by atoms with E-state index >= 15 is 0 Å².